The number of rotatable bonds is 8. The third-order valence-corrected chi connectivity index (χ3v) is 13.0. The summed E-state index contributed by atoms with van der Waals surface area (Å²) < 4.78 is 174. The third kappa shape index (κ3) is 11.6. The molecule has 0 N–H and O–H groups in total. The Morgan fingerprint density at radius 3 is 1.07 bits per heavy atom. The maximum atomic E-state index is 13.6. The fourth-order valence-corrected chi connectivity index (χ4v) is 9.25. The number of nitriles is 1. The number of halogens is 12. The fourth-order valence-electron chi connectivity index (χ4n) is 7.48. The summed E-state index contributed by atoms with van der Waals surface area (Å²) in [6.07, 6.45) is -22.0. The second-order valence-electron chi connectivity index (χ2n) is 15.2. The van der Waals surface area contributed by atoms with Gasteiger partial charge in [0.05, 0.1) is 33.9 Å². The minimum absolute atomic E-state index is 0.0114. The Morgan fingerprint density at radius 1 is 0.441 bits per heavy atom. The monoisotopic (exact) mass is 961 g/mol. The second kappa shape index (κ2) is 19.8. The first-order chi connectivity index (χ1) is 31.9. The molecule has 0 bridgehead atoms. The Labute approximate surface area is 383 Å². The molecule has 0 aliphatic carbocycles. The summed E-state index contributed by atoms with van der Waals surface area (Å²) in [6.45, 7) is 0. The van der Waals surface area contributed by atoms with Crippen molar-refractivity contribution in [1.29, 1.82) is 5.26 Å². The van der Waals surface area contributed by atoms with E-state index in [0.29, 0.717) is 64.6 Å². The molecule has 1 atom stereocenters. The number of Topliss-reactive ketones (excluding diaryl/α,β-unsaturated/α-hetero) is 1. The van der Waals surface area contributed by atoms with Crippen molar-refractivity contribution in [1.82, 2.24) is 0 Å². The summed E-state index contributed by atoms with van der Waals surface area (Å²) >= 11 is 0. The van der Waals surface area contributed by atoms with Crippen LogP contribution in [0.3, 0.4) is 0 Å². The van der Waals surface area contributed by atoms with Crippen molar-refractivity contribution < 1.29 is 61.7 Å². The van der Waals surface area contributed by atoms with E-state index in [1.807, 2.05) is 42.5 Å². The lowest BCUT2D eigenvalue weighted by atomic mass is 9.13. The Hall–Kier alpha value is -7.37. The molecule has 7 aromatic carbocycles. The molecule has 7 rings (SSSR count). The topological polar surface area (TPSA) is 57.9 Å². The highest BCUT2D eigenvalue weighted by molar-refractivity contribution is 8.07. The number of carbonyl (C=O) groups excluding carboxylic acids is 1. The van der Waals surface area contributed by atoms with Crippen LogP contribution in [0.5, 0.6) is 0 Å². The van der Waals surface area contributed by atoms with Crippen molar-refractivity contribution in [2.45, 2.75) is 29.6 Å². The van der Waals surface area contributed by atoms with Crippen LogP contribution in [0.25, 0.3) is 0 Å². The van der Waals surface area contributed by atoms with E-state index in [-0.39, 0.29) is 33.4 Å². The molecule has 0 saturated heterocycles. The number of alkyl halides is 12. The molecule has 0 aromatic heterocycles. The predicted molar refractivity (Wildman–Crippen MR) is 236 cm³/mol. The zero-order chi connectivity index (χ0) is 49.5. The standard InChI is InChI=1S/C28H16BF12.C23H16NO2S/c30-25(31,32)17-1-9-21(10-2-17)29(22-11-3-18(4-12-22)26(33,34)35,23-13-5-19(6-14-23)27(36,37)38)24-15-7-20(8-16-24)28(39,40)41;24-17-20-11-13-21(14-12-20)23(25)18-27(26,22-9-5-2-6-10-22)16-15-19-7-3-1-4-8-19/h1-16H;1-14H,18H2/q-1;+1. The number of hydrogen-bond acceptors (Lipinski definition) is 3. The van der Waals surface area contributed by atoms with E-state index in [2.05, 4.69) is 11.2 Å². The minimum atomic E-state index is -4.77. The lowest BCUT2D eigenvalue weighted by Gasteiger charge is -2.44. The van der Waals surface area contributed by atoms with Crippen LogP contribution >= 0.6 is 0 Å². The van der Waals surface area contributed by atoms with Gasteiger partial charge >= 0.3 is 24.7 Å². The van der Waals surface area contributed by atoms with Crippen LogP contribution in [0, 0.1) is 22.5 Å². The first-order valence-electron chi connectivity index (χ1n) is 20.0. The largest absolute Gasteiger partial charge is 0.416 e. The van der Waals surface area contributed by atoms with Crippen molar-refractivity contribution in [3.8, 4) is 17.2 Å². The van der Waals surface area contributed by atoms with Crippen LogP contribution in [0.4, 0.5) is 52.7 Å². The number of carbonyl (C=O) groups is 1. The number of ketones is 1. The molecule has 0 aliphatic rings. The second-order valence-corrected chi connectivity index (χ2v) is 17.5. The third-order valence-electron chi connectivity index (χ3n) is 10.9. The Morgan fingerprint density at radius 2 is 0.765 bits per heavy atom. The summed E-state index contributed by atoms with van der Waals surface area (Å²) in [5, 5.41) is 11.7. The summed E-state index contributed by atoms with van der Waals surface area (Å²) in [5.41, 5.74) is -2.66. The smallest absolute Gasteiger partial charge is 0.289 e. The minimum Gasteiger partial charge on any atom is -0.289 e. The van der Waals surface area contributed by atoms with Gasteiger partial charge in [-0.2, -0.15) is 79.8 Å². The first kappa shape index (κ1) is 50.1. The molecule has 17 heteroatoms. The summed E-state index contributed by atoms with van der Waals surface area (Å²) in [7, 11) is -2.90. The van der Waals surface area contributed by atoms with Crippen molar-refractivity contribution in [3.63, 3.8) is 0 Å². The Bertz CT molecular complexity index is 2750. The van der Waals surface area contributed by atoms with Gasteiger partial charge in [0, 0.05) is 11.1 Å². The Balaban J connectivity index is 0.000000244. The van der Waals surface area contributed by atoms with Crippen molar-refractivity contribution in [3.05, 3.63) is 221 Å². The van der Waals surface area contributed by atoms with Gasteiger partial charge < -0.3 is 0 Å². The highest BCUT2D eigenvalue weighted by Crippen LogP contribution is 2.33. The molecule has 7 aromatic rings. The van der Waals surface area contributed by atoms with Gasteiger partial charge in [0.15, 0.2) is 15.9 Å². The van der Waals surface area contributed by atoms with Gasteiger partial charge in [-0.25, -0.2) is 0 Å². The molecule has 1 unspecified atom stereocenters. The number of hydrogen-bond donors (Lipinski definition) is 0. The van der Waals surface area contributed by atoms with Crippen molar-refractivity contribution in [2.24, 2.45) is 0 Å². The summed E-state index contributed by atoms with van der Waals surface area (Å²) in [5.74, 6) is 2.46. The molecule has 0 spiro atoms. The van der Waals surface area contributed by atoms with Gasteiger partial charge in [-0.05, 0) is 54.5 Å². The molecule has 68 heavy (non-hydrogen) atoms. The first-order valence-corrected chi connectivity index (χ1v) is 21.7. The molecular weight excluding hydrogens is 929 g/mol. The number of nitrogens with zero attached hydrogens (tertiary/aromatic N) is 1. The molecule has 346 valence electrons. The molecule has 0 radical (unpaired) electrons. The van der Waals surface area contributed by atoms with Crippen LogP contribution in [-0.2, 0) is 38.8 Å². The van der Waals surface area contributed by atoms with Crippen LogP contribution < -0.4 is 21.9 Å². The molecule has 3 nitrogen and oxygen atoms in total. The fraction of sp³-hybridized carbons (Fsp3) is 0.0980. The van der Waals surface area contributed by atoms with E-state index in [1.54, 1.807) is 48.5 Å². The predicted octanol–water partition coefficient (Wildman–Crippen LogP) is 11.4. The van der Waals surface area contributed by atoms with E-state index in [9.17, 15) is 61.7 Å². The average molecular weight is 962 g/mol. The molecule has 0 saturated carbocycles. The quantitative estimate of drug-likeness (QED) is 0.0501. The van der Waals surface area contributed by atoms with Gasteiger partial charge in [0.2, 0.25) is 15.7 Å². The maximum absolute atomic E-state index is 13.6. The van der Waals surface area contributed by atoms with Gasteiger partial charge in [0.1, 0.15) is 6.15 Å². The van der Waals surface area contributed by atoms with Crippen LogP contribution in [0.15, 0.2) is 187 Å². The zero-order valence-electron chi connectivity index (χ0n) is 34.8. The van der Waals surface area contributed by atoms with Gasteiger partial charge in [-0.3, -0.25) is 4.79 Å². The van der Waals surface area contributed by atoms with Crippen LogP contribution in [0.2, 0.25) is 0 Å². The van der Waals surface area contributed by atoms with Gasteiger partial charge in [-0.15, -0.1) is 0 Å². The van der Waals surface area contributed by atoms with Crippen molar-refractivity contribution >= 4 is 43.7 Å². The lowest BCUT2D eigenvalue weighted by Crippen LogP contribution is -2.74. The zero-order valence-corrected chi connectivity index (χ0v) is 35.6. The normalized spacial score (nSPS) is 12.9. The highest BCUT2D eigenvalue weighted by atomic mass is 32.2. The van der Waals surface area contributed by atoms with Gasteiger partial charge in [-0.1, -0.05) is 138 Å². The van der Waals surface area contributed by atoms with Crippen LogP contribution in [0.1, 0.15) is 43.7 Å². The lowest BCUT2D eigenvalue weighted by molar-refractivity contribution is -0.138. The van der Waals surface area contributed by atoms with Gasteiger partial charge in [0.25, 0.3) is 0 Å². The van der Waals surface area contributed by atoms with Crippen LogP contribution in [-0.4, -0.2) is 17.7 Å². The average Bonchev–Trinajstić information content (AvgIpc) is 3.31. The number of benzene rings is 7. The van der Waals surface area contributed by atoms with E-state index < -0.39 is 63.0 Å². The molecule has 0 aliphatic heterocycles. The summed E-state index contributed by atoms with van der Waals surface area (Å²) in [4.78, 5) is 13.3. The molecule has 0 heterocycles. The van der Waals surface area contributed by atoms with E-state index in [0.717, 1.165) is 54.1 Å². The van der Waals surface area contributed by atoms with Crippen molar-refractivity contribution in [2.75, 3.05) is 5.75 Å². The molecule has 0 fully saturated rings. The van der Waals surface area contributed by atoms with E-state index >= 15 is 0 Å². The Kier molecular flexibility index (Phi) is 14.6. The SMILES string of the molecule is FC(F)(F)c1ccc([B-](c2ccc(C(F)(F)F)cc2)(c2ccc(C(F)(F)F)cc2)c2ccc(C(F)(F)F)cc2)cc1.N#Cc1ccc(C(=O)C[S+](=O)(C#Cc2ccccc2)c2ccccc2)cc1. The summed E-state index contributed by atoms with van der Waals surface area (Å²) in [6, 6.07) is 40.0. The molecule has 0 amide bonds. The highest BCUT2D eigenvalue weighted by Gasteiger charge is 2.39. The van der Waals surface area contributed by atoms with E-state index in [1.165, 1.54) is 0 Å². The maximum Gasteiger partial charge on any atom is 0.416 e. The van der Waals surface area contributed by atoms with E-state index in [4.69, 9.17) is 5.26 Å². The molecular formula is C51H32BF12NO2S.